The Bertz CT molecular complexity index is 586. The van der Waals surface area contributed by atoms with Crippen LogP contribution in [-0.2, 0) is 16.1 Å². The number of rotatable bonds is 3. The van der Waals surface area contributed by atoms with Crippen molar-refractivity contribution in [2.24, 2.45) is 5.41 Å². The summed E-state index contributed by atoms with van der Waals surface area (Å²) in [6.07, 6.45) is 1.96. The van der Waals surface area contributed by atoms with Crippen molar-refractivity contribution in [2.75, 3.05) is 7.11 Å². The van der Waals surface area contributed by atoms with Crippen molar-refractivity contribution in [2.45, 2.75) is 20.4 Å². The summed E-state index contributed by atoms with van der Waals surface area (Å²) in [6.45, 7) is 4.33. The number of nitrogens with zero attached hydrogens (tertiary/aromatic N) is 1. The second-order valence-electron chi connectivity index (χ2n) is 5.02. The van der Waals surface area contributed by atoms with Gasteiger partial charge in [-0.05, 0) is 38.1 Å². The van der Waals surface area contributed by atoms with Crippen LogP contribution in [0.1, 0.15) is 13.8 Å². The summed E-state index contributed by atoms with van der Waals surface area (Å²) in [6, 6.07) is 7.73. The van der Waals surface area contributed by atoms with E-state index in [0.29, 0.717) is 11.6 Å². The molecule has 1 heterocycles. The maximum Gasteiger partial charge on any atom is 0.313 e. The standard InChI is InChI=1S/C14H16ClNO2/c1-14(2,13(17)18-3)9-16-7-6-10-8-11(15)4-5-12(10)16/h4-8H,9H2,1-3H3. The zero-order chi connectivity index (χ0) is 13.3. The maximum atomic E-state index is 11.7. The Balaban J connectivity index is 2.35. The van der Waals surface area contributed by atoms with Gasteiger partial charge in [-0.2, -0.15) is 0 Å². The predicted octanol–water partition coefficient (Wildman–Crippen LogP) is 3.49. The molecule has 1 aromatic carbocycles. The summed E-state index contributed by atoms with van der Waals surface area (Å²) in [7, 11) is 1.41. The van der Waals surface area contributed by atoms with E-state index in [-0.39, 0.29) is 5.97 Å². The van der Waals surface area contributed by atoms with Crippen LogP contribution in [0.15, 0.2) is 30.5 Å². The molecule has 0 bridgehead atoms. The molecule has 0 aliphatic heterocycles. The summed E-state index contributed by atoms with van der Waals surface area (Å²) >= 11 is 5.95. The molecular weight excluding hydrogens is 250 g/mol. The van der Waals surface area contributed by atoms with E-state index in [1.54, 1.807) is 0 Å². The summed E-state index contributed by atoms with van der Waals surface area (Å²) in [4.78, 5) is 11.7. The fourth-order valence-electron chi connectivity index (χ4n) is 2.08. The predicted molar refractivity (Wildman–Crippen MR) is 72.7 cm³/mol. The van der Waals surface area contributed by atoms with Crippen molar-refractivity contribution >= 4 is 28.5 Å². The molecule has 0 atom stereocenters. The highest BCUT2D eigenvalue weighted by Gasteiger charge is 2.29. The molecule has 0 fully saturated rings. The monoisotopic (exact) mass is 265 g/mol. The van der Waals surface area contributed by atoms with Gasteiger partial charge in [-0.15, -0.1) is 0 Å². The zero-order valence-electron chi connectivity index (χ0n) is 10.7. The van der Waals surface area contributed by atoms with Gasteiger partial charge in [0.25, 0.3) is 0 Å². The second-order valence-corrected chi connectivity index (χ2v) is 5.46. The van der Waals surface area contributed by atoms with Crippen molar-refractivity contribution in [3.63, 3.8) is 0 Å². The van der Waals surface area contributed by atoms with Crippen LogP contribution in [0, 0.1) is 5.41 Å². The largest absolute Gasteiger partial charge is 0.469 e. The Kier molecular flexibility index (Phi) is 3.35. The number of hydrogen-bond donors (Lipinski definition) is 0. The van der Waals surface area contributed by atoms with Crippen LogP contribution in [0.2, 0.25) is 5.02 Å². The molecule has 0 saturated heterocycles. The van der Waals surface area contributed by atoms with Crippen LogP contribution in [0.5, 0.6) is 0 Å². The molecule has 0 saturated carbocycles. The Hall–Kier alpha value is -1.48. The van der Waals surface area contributed by atoms with E-state index < -0.39 is 5.41 Å². The van der Waals surface area contributed by atoms with Crippen LogP contribution in [0.3, 0.4) is 0 Å². The summed E-state index contributed by atoms with van der Waals surface area (Å²) in [5, 5.41) is 1.79. The minimum absolute atomic E-state index is 0.210. The molecule has 96 valence electrons. The van der Waals surface area contributed by atoms with E-state index in [1.807, 2.05) is 48.9 Å². The Morgan fingerprint density at radius 2 is 2.11 bits per heavy atom. The lowest BCUT2D eigenvalue weighted by Crippen LogP contribution is -2.30. The van der Waals surface area contributed by atoms with Gasteiger partial charge in [0.1, 0.15) is 0 Å². The first-order chi connectivity index (χ1) is 8.44. The van der Waals surface area contributed by atoms with Crippen LogP contribution in [0.25, 0.3) is 10.9 Å². The molecule has 2 aromatic rings. The van der Waals surface area contributed by atoms with Crippen LogP contribution in [0.4, 0.5) is 0 Å². The molecule has 2 rings (SSSR count). The number of benzene rings is 1. The maximum absolute atomic E-state index is 11.7. The van der Waals surface area contributed by atoms with E-state index in [1.165, 1.54) is 7.11 Å². The fraction of sp³-hybridized carbons (Fsp3) is 0.357. The highest BCUT2D eigenvalue weighted by molar-refractivity contribution is 6.31. The highest BCUT2D eigenvalue weighted by Crippen LogP contribution is 2.25. The third kappa shape index (κ3) is 2.36. The van der Waals surface area contributed by atoms with Gasteiger partial charge >= 0.3 is 5.97 Å². The molecule has 4 heteroatoms. The van der Waals surface area contributed by atoms with Crippen molar-refractivity contribution in [1.29, 1.82) is 0 Å². The van der Waals surface area contributed by atoms with Crippen molar-refractivity contribution in [1.82, 2.24) is 4.57 Å². The van der Waals surface area contributed by atoms with Gasteiger partial charge in [0, 0.05) is 28.7 Å². The normalized spacial score (nSPS) is 11.8. The first-order valence-corrected chi connectivity index (χ1v) is 6.15. The Labute approximate surface area is 111 Å². The number of fused-ring (bicyclic) bond motifs is 1. The number of hydrogen-bond acceptors (Lipinski definition) is 2. The van der Waals surface area contributed by atoms with Gasteiger partial charge in [0.05, 0.1) is 12.5 Å². The number of halogens is 1. The first-order valence-electron chi connectivity index (χ1n) is 5.77. The Morgan fingerprint density at radius 1 is 1.39 bits per heavy atom. The third-order valence-corrected chi connectivity index (χ3v) is 3.27. The highest BCUT2D eigenvalue weighted by atomic mass is 35.5. The number of carbonyl (C=O) groups is 1. The van der Waals surface area contributed by atoms with E-state index in [4.69, 9.17) is 16.3 Å². The smallest absolute Gasteiger partial charge is 0.313 e. The summed E-state index contributed by atoms with van der Waals surface area (Å²) < 4.78 is 6.87. The first kappa shape index (κ1) is 13.0. The van der Waals surface area contributed by atoms with Gasteiger partial charge in [0.2, 0.25) is 0 Å². The van der Waals surface area contributed by atoms with E-state index in [9.17, 15) is 4.79 Å². The molecule has 0 spiro atoms. The van der Waals surface area contributed by atoms with Gasteiger partial charge in [-0.3, -0.25) is 4.79 Å². The van der Waals surface area contributed by atoms with E-state index >= 15 is 0 Å². The SMILES string of the molecule is COC(=O)C(C)(C)Cn1ccc2cc(Cl)ccc21. The van der Waals surface area contributed by atoms with Gasteiger partial charge < -0.3 is 9.30 Å². The molecule has 0 radical (unpaired) electrons. The average molecular weight is 266 g/mol. The summed E-state index contributed by atoms with van der Waals surface area (Å²) in [5.74, 6) is -0.210. The van der Waals surface area contributed by atoms with Crippen molar-refractivity contribution < 1.29 is 9.53 Å². The lowest BCUT2D eigenvalue weighted by atomic mass is 9.93. The zero-order valence-corrected chi connectivity index (χ0v) is 11.5. The number of esters is 1. The quantitative estimate of drug-likeness (QED) is 0.796. The number of ether oxygens (including phenoxy) is 1. The molecule has 3 nitrogen and oxygen atoms in total. The lowest BCUT2D eigenvalue weighted by molar-refractivity contribution is -0.151. The second kappa shape index (κ2) is 4.65. The molecule has 0 aliphatic rings. The molecule has 0 amide bonds. The Morgan fingerprint density at radius 3 is 2.78 bits per heavy atom. The third-order valence-electron chi connectivity index (χ3n) is 3.04. The molecule has 18 heavy (non-hydrogen) atoms. The number of aromatic nitrogens is 1. The minimum Gasteiger partial charge on any atom is -0.469 e. The lowest BCUT2D eigenvalue weighted by Gasteiger charge is -2.22. The average Bonchev–Trinajstić information content (AvgIpc) is 2.69. The molecule has 1 aromatic heterocycles. The van der Waals surface area contributed by atoms with E-state index in [0.717, 1.165) is 10.9 Å². The van der Waals surface area contributed by atoms with Gasteiger partial charge in [0.15, 0.2) is 0 Å². The van der Waals surface area contributed by atoms with Gasteiger partial charge in [-0.1, -0.05) is 11.6 Å². The molecule has 0 unspecified atom stereocenters. The number of methoxy groups -OCH3 is 1. The summed E-state index contributed by atoms with van der Waals surface area (Å²) in [5.41, 5.74) is 0.511. The number of carbonyl (C=O) groups excluding carboxylic acids is 1. The minimum atomic E-state index is -0.555. The van der Waals surface area contributed by atoms with Crippen LogP contribution in [-0.4, -0.2) is 17.6 Å². The molecule has 0 aliphatic carbocycles. The topological polar surface area (TPSA) is 31.2 Å². The van der Waals surface area contributed by atoms with Crippen molar-refractivity contribution in [3.05, 3.63) is 35.5 Å². The van der Waals surface area contributed by atoms with Gasteiger partial charge in [-0.25, -0.2) is 0 Å². The molecular formula is C14H16ClNO2. The van der Waals surface area contributed by atoms with Crippen LogP contribution >= 0.6 is 11.6 Å². The van der Waals surface area contributed by atoms with E-state index in [2.05, 4.69) is 0 Å². The van der Waals surface area contributed by atoms with Crippen LogP contribution < -0.4 is 0 Å². The van der Waals surface area contributed by atoms with Crippen molar-refractivity contribution in [3.8, 4) is 0 Å². The fourth-order valence-corrected chi connectivity index (χ4v) is 2.26. The molecule has 0 N–H and O–H groups in total.